The third-order valence-corrected chi connectivity index (χ3v) is 5.95. The molecule has 0 spiro atoms. The fraction of sp³-hybridized carbons (Fsp3) is 0.360. The van der Waals surface area contributed by atoms with E-state index in [1.54, 1.807) is 0 Å². The lowest BCUT2D eigenvalue weighted by atomic mass is 9.85. The van der Waals surface area contributed by atoms with Gasteiger partial charge in [-0.2, -0.15) is 13.2 Å². The normalized spacial score (nSPS) is 14.8. The van der Waals surface area contributed by atoms with Crippen molar-refractivity contribution < 1.29 is 18.3 Å². The molecule has 0 fully saturated rings. The van der Waals surface area contributed by atoms with E-state index in [2.05, 4.69) is 14.9 Å². The molecule has 2 N–H and O–H groups in total. The second-order valence-electron chi connectivity index (χ2n) is 9.44. The van der Waals surface area contributed by atoms with Gasteiger partial charge in [0.05, 0.1) is 16.8 Å². The number of H-pyrrole nitrogens is 1. The zero-order chi connectivity index (χ0) is 24.0. The zero-order valence-corrected chi connectivity index (χ0v) is 18.8. The number of fused-ring (bicyclic) bond motifs is 1. The molecule has 8 heteroatoms. The summed E-state index contributed by atoms with van der Waals surface area (Å²) in [7, 11) is 0. The van der Waals surface area contributed by atoms with Gasteiger partial charge in [0.1, 0.15) is 11.6 Å². The Kier molecular flexibility index (Phi) is 5.82. The molecule has 1 aliphatic rings. The van der Waals surface area contributed by atoms with Crippen molar-refractivity contribution in [3.05, 3.63) is 80.8 Å². The number of phenolic OH excluding ortho intramolecular Hbond substituents is 1. The van der Waals surface area contributed by atoms with Crippen molar-refractivity contribution in [2.24, 2.45) is 0 Å². The molecule has 0 atom stereocenters. The Morgan fingerprint density at radius 3 is 2.42 bits per heavy atom. The van der Waals surface area contributed by atoms with Crippen LogP contribution < -0.4 is 5.56 Å². The predicted octanol–water partition coefficient (Wildman–Crippen LogP) is 5.02. The molecular weight excluding hydrogens is 431 g/mol. The highest BCUT2D eigenvalue weighted by Crippen LogP contribution is 2.34. The van der Waals surface area contributed by atoms with E-state index in [-0.39, 0.29) is 22.5 Å². The minimum Gasteiger partial charge on any atom is -0.507 e. The van der Waals surface area contributed by atoms with Crippen LogP contribution in [0.5, 0.6) is 5.75 Å². The first kappa shape index (κ1) is 23.0. The summed E-state index contributed by atoms with van der Waals surface area (Å²) >= 11 is 0. The Labute approximate surface area is 189 Å². The maximum absolute atomic E-state index is 12.8. The van der Waals surface area contributed by atoms with Gasteiger partial charge in [-0.15, -0.1) is 0 Å². The van der Waals surface area contributed by atoms with Crippen molar-refractivity contribution in [1.82, 2.24) is 14.9 Å². The highest BCUT2D eigenvalue weighted by molar-refractivity contribution is 5.56. The molecule has 1 aromatic heterocycles. The van der Waals surface area contributed by atoms with Crippen molar-refractivity contribution in [2.75, 3.05) is 6.54 Å². The summed E-state index contributed by atoms with van der Waals surface area (Å²) in [4.78, 5) is 22.1. The van der Waals surface area contributed by atoms with Gasteiger partial charge >= 0.3 is 6.18 Å². The minimum atomic E-state index is -4.42. The van der Waals surface area contributed by atoms with Crippen LogP contribution in [0.2, 0.25) is 0 Å². The number of nitrogens with one attached hydrogen (secondary N) is 1. The SMILES string of the molecule is CC(C)(C)c1cccc(CN2CCc3nc(-c4ccc(C(F)(F)F)cc4)[nH]c(=O)c3C2)c1O. The number of aromatic nitrogens is 2. The highest BCUT2D eigenvalue weighted by Gasteiger charge is 2.30. The van der Waals surface area contributed by atoms with Crippen molar-refractivity contribution in [2.45, 2.75) is 51.9 Å². The first-order valence-corrected chi connectivity index (χ1v) is 10.8. The minimum absolute atomic E-state index is 0.190. The van der Waals surface area contributed by atoms with Gasteiger partial charge in [0.2, 0.25) is 0 Å². The zero-order valence-electron chi connectivity index (χ0n) is 18.8. The van der Waals surface area contributed by atoms with Crippen LogP contribution in [0, 0.1) is 0 Å². The van der Waals surface area contributed by atoms with E-state index in [0.29, 0.717) is 42.9 Å². The van der Waals surface area contributed by atoms with E-state index < -0.39 is 11.7 Å². The van der Waals surface area contributed by atoms with Crippen LogP contribution in [-0.4, -0.2) is 26.5 Å². The van der Waals surface area contributed by atoms with E-state index >= 15 is 0 Å². The molecule has 0 saturated heterocycles. The quantitative estimate of drug-likeness (QED) is 0.580. The van der Waals surface area contributed by atoms with Gasteiger partial charge < -0.3 is 10.1 Å². The predicted molar refractivity (Wildman–Crippen MR) is 120 cm³/mol. The van der Waals surface area contributed by atoms with Gasteiger partial charge in [-0.05, 0) is 23.1 Å². The molecule has 2 heterocycles. The van der Waals surface area contributed by atoms with Gasteiger partial charge in [-0.1, -0.05) is 51.1 Å². The van der Waals surface area contributed by atoms with E-state index in [0.717, 1.165) is 23.3 Å². The summed E-state index contributed by atoms with van der Waals surface area (Å²) in [5.41, 5.74) is 2.06. The van der Waals surface area contributed by atoms with E-state index in [4.69, 9.17) is 0 Å². The average Bonchev–Trinajstić information content (AvgIpc) is 2.74. The fourth-order valence-electron chi connectivity index (χ4n) is 4.13. The number of nitrogens with zero attached hydrogens (tertiary/aromatic N) is 2. The van der Waals surface area contributed by atoms with Crippen molar-refractivity contribution >= 4 is 0 Å². The summed E-state index contributed by atoms with van der Waals surface area (Å²) in [5.74, 6) is 0.539. The lowest BCUT2D eigenvalue weighted by Gasteiger charge is -2.29. The lowest BCUT2D eigenvalue weighted by Crippen LogP contribution is -2.35. The largest absolute Gasteiger partial charge is 0.507 e. The standard InChI is InChI=1S/C25H26F3N3O2/c1-24(2,3)19-6-4-5-16(21(19)32)13-31-12-11-20-18(14-31)23(33)30-22(29-20)15-7-9-17(10-8-15)25(26,27)28/h4-10,32H,11-14H2,1-3H3,(H,29,30,33). The second-order valence-corrected chi connectivity index (χ2v) is 9.44. The first-order chi connectivity index (χ1) is 15.4. The molecule has 0 saturated carbocycles. The molecule has 0 unspecified atom stereocenters. The monoisotopic (exact) mass is 457 g/mol. The highest BCUT2D eigenvalue weighted by atomic mass is 19.4. The smallest absolute Gasteiger partial charge is 0.416 e. The van der Waals surface area contributed by atoms with Crippen LogP contribution in [0.4, 0.5) is 13.2 Å². The van der Waals surface area contributed by atoms with Gasteiger partial charge in [0.25, 0.3) is 5.56 Å². The summed E-state index contributed by atoms with van der Waals surface area (Å²) in [6.07, 6.45) is -3.88. The van der Waals surface area contributed by atoms with E-state index in [1.807, 2.05) is 39.0 Å². The fourth-order valence-corrected chi connectivity index (χ4v) is 4.13. The van der Waals surface area contributed by atoms with E-state index in [9.17, 15) is 23.1 Å². The summed E-state index contributed by atoms with van der Waals surface area (Å²) in [6.45, 7) is 7.65. The number of para-hydroxylation sites is 1. The topological polar surface area (TPSA) is 69.2 Å². The number of phenols is 1. The molecule has 174 valence electrons. The Balaban J connectivity index is 1.56. The molecule has 0 radical (unpaired) electrons. The molecule has 33 heavy (non-hydrogen) atoms. The number of alkyl halides is 3. The van der Waals surface area contributed by atoms with Crippen LogP contribution in [0.15, 0.2) is 47.3 Å². The molecule has 3 aromatic rings. The number of hydrogen-bond donors (Lipinski definition) is 2. The van der Waals surface area contributed by atoms with Crippen LogP contribution in [-0.2, 0) is 31.1 Å². The summed E-state index contributed by atoms with van der Waals surface area (Å²) < 4.78 is 38.4. The number of rotatable bonds is 3. The van der Waals surface area contributed by atoms with E-state index in [1.165, 1.54) is 12.1 Å². The van der Waals surface area contributed by atoms with Crippen molar-refractivity contribution in [3.63, 3.8) is 0 Å². The second kappa shape index (κ2) is 8.33. The van der Waals surface area contributed by atoms with Gasteiger partial charge in [-0.3, -0.25) is 9.69 Å². The number of hydrogen-bond acceptors (Lipinski definition) is 4. The number of aromatic amines is 1. The Morgan fingerprint density at radius 1 is 1.09 bits per heavy atom. The Bertz CT molecular complexity index is 1230. The molecular formula is C25H26F3N3O2. The molecule has 0 aliphatic carbocycles. The molecule has 0 bridgehead atoms. The van der Waals surface area contributed by atoms with Crippen LogP contribution in [0.25, 0.3) is 11.4 Å². The first-order valence-electron chi connectivity index (χ1n) is 10.8. The molecule has 5 nitrogen and oxygen atoms in total. The van der Waals surface area contributed by atoms with Gasteiger partial charge in [0.15, 0.2) is 0 Å². The number of halogens is 3. The maximum Gasteiger partial charge on any atom is 0.416 e. The average molecular weight is 457 g/mol. The van der Waals surface area contributed by atoms with Crippen LogP contribution in [0.3, 0.4) is 0 Å². The maximum atomic E-state index is 12.8. The van der Waals surface area contributed by atoms with Crippen molar-refractivity contribution in [1.29, 1.82) is 0 Å². The molecule has 2 aromatic carbocycles. The summed E-state index contributed by atoms with van der Waals surface area (Å²) in [6, 6.07) is 10.3. The third-order valence-electron chi connectivity index (χ3n) is 5.95. The van der Waals surface area contributed by atoms with Crippen molar-refractivity contribution in [3.8, 4) is 17.1 Å². The number of benzene rings is 2. The van der Waals surface area contributed by atoms with Crippen LogP contribution in [0.1, 0.15) is 48.7 Å². The Morgan fingerprint density at radius 2 is 1.79 bits per heavy atom. The van der Waals surface area contributed by atoms with Crippen LogP contribution >= 0.6 is 0 Å². The third kappa shape index (κ3) is 4.80. The molecule has 4 rings (SSSR count). The Hall–Kier alpha value is -3.13. The lowest BCUT2D eigenvalue weighted by molar-refractivity contribution is -0.137. The van der Waals surface area contributed by atoms with Gasteiger partial charge in [-0.25, -0.2) is 4.98 Å². The van der Waals surface area contributed by atoms with Gasteiger partial charge in [0, 0.05) is 37.2 Å². The number of aromatic hydroxyl groups is 1. The summed E-state index contributed by atoms with van der Waals surface area (Å²) in [5, 5.41) is 10.8. The molecule has 0 amide bonds. The molecule has 1 aliphatic heterocycles.